The molecule has 1 aromatic carbocycles. The highest BCUT2D eigenvalue weighted by Gasteiger charge is 2.16. The van der Waals surface area contributed by atoms with Gasteiger partial charge in [0.15, 0.2) is 5.65 Å². The molecule has 0 aliphatic rings. The first-order valence-electron chi connectivity index (χ1n) is 9.14. The second-order valence-electron chi connectivity index (χ2n) is 6.12. The van der Waals surface area contributed by atoms with Gasteiger partial charge in [-0.15, -0.1) is 24.8 Å². The maximum absolute atomic E-state index is 12.8. The summed E-state index contributed by atoms with van der Waals surface area (Å²) in [5.41, 5.74) is 3.05. The number of carbonyl (C=O) groups excluding carboxylic acids is 1. The maximum Gasteiger partial charge on any atom is 0.252 e. The van der Waals surface area contributed by atoms with Crippen molar-refractivity contribution in [2.75, 3.05) is 33.4 Å². The highest BCUT2D eigenvalue weighted by Crippen LogP contribution is 2.24. The third kappa shape index (κ3) is 6.14. The Bertz CT molecular complexity index is 903. The maximum atomic E-state index is 12.8. The van der Waals surface area contributed by atoms with Crippen molar-refractivity contribution in [3.63, 3.8) is 0 Å². The Balaban J connectivity index is 0.00000210. The smallest absolute Gasteiger partial charge is 0.252 e. The number of nitrogens with zero attached hydrogens (tertiary/aromatic N) is 3. The van der Waals surface area contributed by atoms with E-state index >= 15 is 0 Å². The van der Waals surface area contributed by atoms with Crippen LogP contribution in [-0.4, -0.2) is 54.0 Å². The Morgan fingerprint density at radius 1 is 1.14 bits per heavy atom. The normalized spacial score (nSPS) is 10.3. The van der Waals surface area contributed by atoms with Gasteiger partial charge < -0.3 is 15.4 Å². The molecule has 0 bridgehead atoms. The SMILES string of the molecule is CCn1ncc2c(C(=O)NCCNCCOC)cc(-c3ccccc3)nc21.Cl.Cl. The number of nitrogens with one attached hydrogen (secondary N) is 2. The molecular weight excluding hydrogens is 413 g/mol. The molecule has 0 fully saturated rings. The van der Waals surface area contributed by atoms with Crippen molar-refractivity contribution < 1.29 is 9.53 Å². The van der Waals surface area contributed by atoms with Crippen LogP contribution < -0.4 is 10.6 Å². The lowest BCUT2D eigenvalue weighted by Gasteiger charge is -2.10. The number of halogens is 2. The number of aromatic nitrogens is 3. The molecule has 29 heavy (non-hydrogen) atoms. The monoisotopic (exact) mass is 439 g/mol. The summed E-state index contributed by atoms with van der Waals surface area (Å²) in [5.74, 6) is -0.122. The van der Waals surface area contributed by atoms with E-state index in [0.29, 0.717) is 31.8 Å². The van der Waals surface area contributed by atoms with E-state index in [9.17, 15) is 4.79 Å². The predicted molar refractivity (Wildman–Crippen MR) is 120 cm³/mol. The van der Waals surface area contributed by atoms with E-state index in [1.807, 2.05) is 48.0 Å². The van der Waals surface area contributed by atoms with Crippen LogP contribution in [0.1, 0.15) is 17.3 Å². The lowest BCUT2D eigenvalue weighted by molar-refractivity contribution is 0.0955. The summed E-state index contributed by atoms with van der Waals surface area (Å²) in [4.78, 5) is 17.5. The summed E-state index contributed by atoms with van der Waals surface area (Å²) in [7, 11) is 1.67. The van der Waals surface area contributed by atoms with Gasteiger partial charge in [0.2, 0.25) is 0 Å². The molecular formula is C20H27Cl2N5O2. The number of pyridine rings is 1. The third-order valence-electron chi connectivity index (χ3n) is 4.29. The molecule has 0 saturated heterocycles. The lowest BCUT2D eigenvalue weighted by Crippen LogP contribution is -2.33. The van der Waals surface area contributed by atoms with E-state index < -0.39 is 0 Å². The molecule has 0 atom stereocenters. The quantitative estimate of drug-likeness (QED) is 0.500. The van der Waals surface area contributed by atoms with Crippen molar-refractivity contribution in [1.82, 2.24) is 25.4 Å². The average Bonchev–Trinajstić information content (AvgIpc) is 3.13. The van der Waals surface area contributed by atoms with Gasteiger partial charge in [-0.3, -0.25) is 4.79 Å². The molecule has 0 spiro atoms. The van der Waals surface area contributed by atoms with E-state index in [4.69, 9.17) is 9.72 Å². The third-order valence-corrected chi connectivity index (χ3v) is 4.29. The zero-order valence-corrected chi connectivity index (χ0v) is 18.2. The van der Waals surface area contributed by atoms with Gasteiger partial charge >= 0.3 is 0 Å². The van der Waals surface area contributed by atoms with Crippen molar-refractivity contribution in [2.24, 2.45) is 0 Å². The molecule has 0 aliphatic heterocycles. The highest BCUT2D eigenvalue weighted by atomic mass is 35.5. The molecule has 0 aliphatic carbocycles. The van der Waals surface area contributed by atoms with Crippen molar-refractivity contribution >= 4 is 41.8 Å². The fourth-order valence-electron chi connectivity index (χ4n) is 2.88. The fraction of sp³-hybridized carbons (Fsp3) is 0.350. The summed E-state index contributed by atoms with van der Waals surface area (Å²) in [6.07, 6.45) is 1.71. The van der Waals surface area contributed by atoms with Gasteiger partial charge in [-0.2, -0.15) is 5.10 Å². The van der Waals surface area contributed by atoms with E-state index in [2.05, 4.69) is 15.7 Å². The molecule has 7 nitrogen and oxygen atoms in total. The number of methoxy groups -OCH3 is 1. The minimum atomic E-state index is -0.122. The van der Waals surface area contributed by atoms with Gasteiger partial charge in [-0.25, -0.2) is 9.67 Å². The van der Waals surface area contributed by atoms with Crippen LogP contribution in [-0.2, 0) is 11.3 Å². The zero-order chi connectivity index (χ0) is 19.1. The van der Waals surface area contributed by atoms with Crippen LogP contribution >= 0.6 is 24.8 Å². The Morgan fingerprint density at radius 2 is 1.90 bits per heavy atom. The number of carbonyl (C=O) groups is 1. The Hall–Kier alpha value is -2.19. The van der Waals surface area contributed by atoms with Gasteiger partial charge in [0, 0.05) is 38.9 Å². The van der Waals surface area contributed by atoms with Crippen LogP contribution in [0, 0.1) is 0 Å². The van der Waals surface area contributed by atoms with Crippen LogP contribution in [0.2, 0.25) is 0 Å². The first-order chi connectivity index (χ1) is 13.2. The number of benzene rings is 1. The van der Waals surface area contributed by atoms with Crippen LogP contribution in [0.5, 0.6) is 0 Å². The lowest BCUT2D eigenvalue weighted by atomic mass is 10.1. The van der Waals surface area contributed by atoms with Gasteiger partial charge in [-0.1, -0.05) is 30.3 Å². The molecule has 158 valence electrons. The number of fused-ring (bicyclic) bond motifs is 1. The highest BCUT2D eigenvalue weighted by molar-refractivity contribution is 6.06. The summed E-state index contributed by atoms with van der Waals surface area (Å²) in [5, 5.41) is 11.3. The number of rotatable bonds is 9. The van der Waals surface area contributed by atoms with Crippen LogP contribution in [0.4, 0.5) is 0 Å². The first kappa shape index (κ1) is 24.8. The van der Waals surface area contributed by atoms with Gasteiger partial charge in [0.25, 0.3) is 5.91 Å². The Kier molecular flexibility index (Phi) is 10.6. The number of hydrogen-bond donors (Lipinski definition) is 2. The first-order valence-corrected chi connectivity index (χ1v) is 9.14. The Labute approximate surface area is 183 Å². The summed E-state index contributed by atoms with van der Waals surface area (Å²) < 4.78 is 6.80. The molecule has 2 aromatic heterocycles. The van der Waals surface area contributed by atoms with E-state index in [0.717, 1.165) is 28.8 Å². The molecule has 3 aromatic rings. The molecule has 0 saturated carbocycles. The summed E-state index contributed by atoms with van der Waals surface area (Å²) >= 11 is 0. The zero-order valence-electron chi connectivity index (χ0n) is 16.6. The van der Waals surface area contributed by atoms with Crippen LogP contribution in [0.25, 0.3) is 22.3 Å². The van der Waals surface area contributed by atoms with Crippen LogP contribution in [0.15, 0.2) is 42.6 Å². The fourth-order valence-corrected chi connectivity index (χ4v) is 2.88. The van der Waals surface area contributed by atoms with Gasteiger partial charge in [-0.05, 0) is 13.0 Å². The number of hydrogen-bond acceptors (Lipinski definition) is 5. The molecule has 2 N–H and O–H groups in total. The minimum absolute atomic E-state index is 0. The van der Waals surface area contributed by atoms with Crippen molar-refractivity contribution in [3.05, 3.63) is 48.2 Å². The summed E-state index contributed by atoms with van der Waals surface area (Å²) in [6, 6.07) is 11.7. The molecule has 2 heterocycles. The molecule has 9 heteroatoms. The Morgan fingerprint density at radius 3 is 2.59 bits per heavy atom. The number of aryl methyl sites for hydroxylation is 1. The predicted octanol–water partition coefficient (Wildman–Crippen LogP) is 2.93. The minimum Gasteiger partial charge on any atom is -0.383 e. The molecule has 3 rings (SSSR count). The second-order valence-corrected chi connectivity index (χ2v) is 6.12. The van der Waals surface area contributed by atoms with Crippen LogP contribution in [0.3, 0.4) is 0 Å². The molecule has 0 radical (unpaired) electrons. The molecule has 0 unspecified atom stereocenters. The van der Waals surface area contributed by atoms with Crippen molar-refractivity contribution in [2.45, 2.75) is 13.5 Å². The largest absolute Gasteiger partial charge is 0.383 e. The number of ether oxygens (including phenoxy) is 1. The van der Waals surface area contributed by atoms with Gasteiger partial charge in [0.05, 0.1) is 29.4 Å². The van der Waals surface area contributed by atoms with E-state index in [1.54, 1.807) is 13.3 Å². The van der Waals surface area contributed by atoms with Crippen molar-refractivity contribution in [1.29, 1.82) is 0 Å². The average molecular weight is 440 g/mol. The van der Waals surface area contributed by atoms with E-state index in [-0.39, 0.29) is 30.7 Å². The number of amides is 1. The van der Waals surface area contributed by atoms with E-state index in [1.165, 1.54) is 0 Å². The second kappa shape index (κ2) is 12.4. The standard InChI is InChI=1S/C20H25N5O2.2ClH/c1-3-25-19-17(14-23-25)16(20(26)22-10-9-21-11-12-27-2)13-18(24-19)15-7-5-4-6-8-15;;/h4-8,13-14,21H,3,9-12H2,1-2H3,(H,22,26);2*1H. The summed E-state index contributed by atoms with van der Waals surface area (Å²) in [6.45, 7) is 5.33. The van der Waals surface area contributed by atoms with Gasteiger partial charge in [0.1, 0.15) is 0 Å². The van der Waals surface area contributed by atoms with Crippen molar-refractivity contribution in [3.8, 4) is 11.3 Å². The molecule has 1 amide bonds. The topological polar surface area (TPSA) is 81.1 Å².